The van der Waals surface area contributed by atoms with Crippen molar-refractivity contribution >= 4 is 17.7 Å². The van der Waals surface area contributed by atoms with Gasteiger partial charge in [-0.25, -0.2) is 9.07 Å². The molecule has 8 heteroatoms. The van der Waals surface area contributed by atoms with E-state index in [1.807, 2.05) is 28.8 Å². The quantitative estimate of drug-likeness (QED) is 0.484. The first-order valence-corrected chi connectivity index (χ1v) is 11.3. The van der Waals surface area contributed by atoms with E-state index >= 15 is 0 Å². The Morgan fingerprint density at radius 3 is 2.52 bits per heavy atom. The topological polar surface area (TPSA) is 56.6 Å². The van der Waals surface area contributed by atoms with Crippen molar-refractivity contribution in [1.29, 1.82) is 0 Å². The van der Waals surface area contributed by atoms with Crippen LogP contribution in [0.2, 0.25) is 0 Å². The summed E-state index contributed by atoms with van der Waals surface area (Å²) in [4.78, 5) is 15.2. The third kappa shape index (κ3) is 3.26. The number of ether oxygens (including phenoxy) is 2. The molecule has 1 aromatic heterocycles. The molecule has 2 aromatic carbocycles. The minimum absolute atomic E-state index is 0.0987. The van der Waals surface area contributed by atoms with Gasteiger partial charge in [0.05, 0.1) is 19.9 Å². The van der Waals surface area contributed by atoms with Crippen molar-refractivity contribution in [2.24, 2.45) is 0 Å². The van der Waals surface area contributed by atoms with Crippen LogP contribution in [0.3, 0.4) is 0 Å². The lowest BCUT2D eigenvalue weighted by atomic mass is 10.1. The SMILES string of the molecule is COc1cc2c(cc1OC)-c1c(c(C(=O)N3CCSCC3)nn1-c1ccccc1F)C2. The van der Waals surface area contributed by atoms with Crippen LogP contribution in [0, 0.1) is 5.82 Å². The third-order valence-corrected chi connectivity index (χ3v) is 6.74. The van der Waals surface area contributed by atoms with Crippen molar-refractivity contribution in [3.05, 3.63) is 59.0 Å². The number of methoxy groups -OCH3 is 2. The molecule has 1 saturated heterocycles. The van der Waals surface area contributed by atoms with Crippen LogP contribution >= 0.6 is 11.8 Å². The van der Waals surface area contributed by atoms with Crippen molar-refractivity contribution in [3.8, 4) is 28.4 Å². The minimum Gasteiger partial charge on any atom is -0.493 e. The molecule has 0 spiro atoms. The molecule has 1 amide bonds. The zero-order valence-electron chi connectivity index (χ0n) is 17.4. The predicted molar refractivity (Wildman–Crippen MR) is 118 cm³/mol. The van der Waals surface area contributed by atoms with E-state index in [0.717, 1.165) is 33.9 Å². The van der Waals surface area contributed by atoms with E-state index in [1.54, 1.807) is 37.1 Å². The van der Waals surface area contributed by atoms with E-state index in [9.17, 15) is 9.18 Å². The van der Waals surface area contributed by atoms with Crippen LogP contribution in [0.4, 0.5) is 4.39 Å². The van der Waals surface area contributed by atoms with Gasteiger partial charge in [-0.05, 0) is 29.8 Å². The number of carbonyl (C=O) groups is 1. The maximum absolute atomic E-state index is 14.7. The highest BCUT2D eigenvalue weighted by Crippen LogP contribution is 2.45. The summed E-state index contributed by atoms with van der Waals surface area (Å²) in [5.41, 5.74) is 4.12. The number of fused-ring (bicyclic) bond motifs is 3. The van der Waals surface area contributed by atoms with Gasteiger partial charge >= 0.3 is 0 Å². The van der Waals surface area contributed by atoms with Crippen LogP contribution < -0.4 is 9.47 Å². The molecule has 0 saturated carbocycles. The van der Waals surface area contributed by atoms with Crippen molar-refractivity contribution in [3.63, 3.8) is 0 Å². The van der Waals surface area contributed by atoms with E-state index in [-0.39, 0.29) is 5.91 Å². The van der Waals surface area contributed by atoms with Gasteiger partial charge in [-0.3, -0.25) is 4.79 Å². The van der Waals surface area contributed by atoms with Crippen LogP contribution in [0.5, 0.6) is 11.5 Å². The summed E-state index contributed by atoms with van der Waals surface area (Å²) in [5, 5.41) is 4.64. The number of hydrogen-bond acceptors (Lipinski definition) is 5. The first-order chi connectivity index (χ1) is 15.1. The number of thioether (sulfide) groups is 1. The summed E-state index contributed by atoms with van der Waals surface area (Å²) >= 11 is 1.84. The van der Waals surface area contributed by atoms with Crippen molar-refractivity contribution in [1.82, 2.24) is 14.7 Å². The van der Waals surface area contributed by atoms with Gasteiger partial charge in [0.15, 0.2) is 17.2 Å². The molecule has 0 unspecified atom stereocenters. The van der Waals surface area contributed by atoms with Crippen LogP contribution in [-0.4, -0.2) is 59.4 Å². The van der Waals surface area contributed by atoms with Crippen molar-refractivity contribution in [2.45, 2.75) is 6.42 Å². The number of carbonyl (C=O) groups excluding carboxylic acids is 1. The summed E-state index contributed by atoms with van der Waals surface area (Å²) in [7, 11) is 3.17. The average molecular weight is 440 g/mol. The van der Waals surface area contributed by atoms with E-state index in [1.165, 1.54) is 6.07 Å². The molecule has 0 radical (unpaired) electrons. The van der Waals surface area contributed by atoms with Crippen LogP contribution in [0.1, 0.15) is 21.6 Å². The molecule has 0 atom stereocenters. The predicted octanol–water partition coefficient (Wildman–Crippen LogP) is 3.79. The molecule has 160 valence electrons. The summed E-state index contributed by atoms with van der Waals surface area (Å²) in [5.74, 6) is 2.54. The lowest BCUT2D eigenvalue weighted by Crippen LogP contribution is -2.38. The summed E-state index contributed by atoms with van der Waals surface area (Å²) < 4.78 is 27.3. The van der Waals surface area contributed by atoms with E-state index in [0.29, 0.717) is 42.4 Å². The zero-order valence-corrected chi connectivity index (χ0v) is 18.2. The largest absolute Gasteiger partial charge is 0.493 e. The number of aromatic nitrogens is 2. The fourth-order valence-electron chi connectivity index (χ4n) is 4.26. The van der Waals surface area contributed by atoms with Gasteiger partial charge in [-0.2, -0.15) is 16.9 Å². The molecule has 2 aliphatic rings. The molecular formula is C23H22FN3O3S. The molecule has 1 aliphatic carbocycles. The second-order valence-electron chi connectivity index (χ2n) is 7.48. The van der Waals surface area contributed by atoms with E-state index in [4.69, 9.17) is 9.47 Å². The minimum atomic E-state index is -0.393. The fourth-order valence-corrected chi connectivity index (χ4v) is 5.16. The van der Waals surface area contributed by atoms with Gasteiger partial charge in [0, 0.05) is 42.1 Å². The second kappa shape index (κ2) is 7.92. The lowest BCUT2D eigenvalue weighted by Gasteiger charge is -2.25. The molecular weight excluding hydrogens is 417 g/mol. The maximum atomic E-state index is 14.7. The Bertz CT molecular complexity index is 1170. The summed E-state index contributed by atoms with van der Waals surface area (Å²) in [6.07, 6.45) is 0.531. The van der Waals surface area contributed by atoms with Crippen molar-refractivity contribution < 1.29 is 18.7 Å². The van der Waals surface area contributed by atoms with Crippen molar-refractivity contribution in [2.75, 3.05) is 38.8 Å². The molecule has 1 fully saturated rings. The summed E-state index contributed by atoms with van der Waals surface area (Å²) in [6.45, 7) is 1.39. The van der Waals surface area contributed by atoms with Gasteiger partial charge in [0.25, 0.3) is 5.91 Å². The standard InChI is InChI=1S/C23H22FN3O3S/c1-29-19-12-14-11-16-21(23(28)26-7-9-31-10-8-26)25-27(18-6-4-3-5-17(18)24)22(16)15(14)13-20(19)30-2/h3-6,12-13H,7-11H2,1-2H3. The van der Waals surface area contributed by atoms with Crippen LogP contribution in [0.25, 0.3) is 16.9 Å². The molecule has 31 heavy (non-hydrogen) atoms. The molecule has 0 bridgehead atoms. The Balaban J connectivity index is 1.70. The first-order valence-electron chi connectivity index (χ1n) is 10.1. The fraction of sp³-hybridized carbons (Fsp3) is 0.304. The number of amides is 1. The Morgan fingerprint density at radius 1 is 1.10 bits per heavy atom. The van der Waals surface area contributed by atoms with E-state index in [2.05, 4.69) is 5.10 Å². The second-order valence-corrected chi connectivity index (χ2v) is 8.71. The molecule has 6 nitrogen and oxygen atoms in total. The molecule has 5 rings (SSSR count). The van der Waals surface area contributed by atoms with Gasteiger partial charge in [-0.1, -0.05) is 12.1 Å². The average Bonchev–Trinajstić information content (AvgIpc) is 3.35. The first kappa shape index (κ1) is 19.9. The number of rotatable bonds is 4. The Hall–Kier alpha value is -3.00. The smallest absolute Gasteiger partial charge is 0.274 e. The monoisotopic (exact) mass is 439 g/mol. The number of benzene rings is 2. The number of hydrogen-bond donors (Lipinski definition) is 0. The van der Waals surface area contributed by atoms with Gasteiger partial charge in [0.2, 0.25) is 0 Å². The maximum Gasteiger partial charge on any atom is 0.274 e. The van der Waals surface area contributed by atoms with Gasteiger partial charge < -0.3 is 14.4 Å². The number of nitrogens with zero attached hydrogens (tertiary/aromatic N) is 3. The number of halogens is 1. The molecule has 0 N–H and O–H groups in total. The normalized spacial score (nSPS) is 14.9. The third-order valence-electron chi connectivity index (χ3n) is 5.80. The number of para-hydroxylation sites is 1. The molecule has 1 aliphatic heterocycles. The van der Waals surface area contributed by atoms with Crippen LogP contribution in [-0.2, 0) is 6.42 Å². The molecule has 2 heterocycles. The Kier molecular flexibility index (Phi) is 5.09. The van der Waals surface area contributed by atoms with Gasteiger partial charge in [-0.15, -0.1) is 0 Å². The zero-order chi connectivity index (χ0) is 21.5. The van der Waals surface area contributed by atoms with E-state index < -0.39 is 5.82 Å². The lowest BCUT2D eigenvalue weighted by molar-refractivity contribution is 0.0765. The molecule has 3 aromatic rings. The Labute approximate surface area is 183 Å². The highest BCUT2D eigenvalue weighted by molar-refractivity contribution is 7.99. The summed E-state index contributed by atoms with van der Waals surface area (Å²) in [6, 6.07) is 10.3. The Morgan fingerprint density at radius 2 is 1.81 bits per heavy atom. The van der Waals surface area contributed by atoms with Gasteiger partial charge in [0.1, 0.15) is 11.5 Å². The highest BCUT2D eigenvalue weighted by Gasteiger charge is 2.34. The van der Waals surface area contributed by atoms with Crippen LogP contribution in [0.15, 0.2) is 36.4 Å². The highest BCUT2D eigenvalue weighted by atomic mass is 32.2.